The van der Waals surface area contributed by atoms with E-state index in [0.29, 0.717) is 6.04 Å². The minimum absolute atomic E-state index is 0.559. The van der Waals surface area contributed by atoms with Crippen molar-refractivity contribution in [2.75, 3.05) is 0 Å². The second-order valence-corrected chi connectivity index (χ2v) is 3.48. The number of allylic oxidation sites excluding steroid dienone is 1. The van der Waals surface area contributed by atoms with E-state index in [4.69, 9.17) is 4.42 Å². The standard InChI is InChI=1S/C11H15NO/c1-2-4-11(5-3-1)12-8-10-6-7-13-9-10/h2,4,6-7,9,11-12H,1,3,5,8H2. The molecule has 1 unspecified atom stereocenters. The average Bonchev–Trinajstić information content (AvgIpc) is 2.69. The van der Waals surface area contributed by atoms with Crippen LogP contribution in [0.2, 0.25) is 0 Å². The second kappa shape index (κ2) is 4.28. The van der Waals surface area contributed by atoms with Crippen molar-refractivity contribution >= 4 is 0 Å². The lowest BCUT2D eigenvalue weighted by atomic mass is 10.0. The van der Waals surface area contributed by atoms with Gasteiger partial charge in [0.15, 0.2) is 0 Å². The summed E-state index contributed by atoms with van der Waals surface area (Å²) in [5.41, 5.74) is 1.22. The zero-order chi connectivity index (χ0) is 8.93. The number of hydrogen-bond acceptors (Lipinski definition) is 2. The molecule has 0 spiro atoms. The molecule has 1 aromatic rings. The molecule has 0 radical (unpaired) electrons. The Bertz CT molecular complexity index is 264. The minimum Gasteiger partial charge on any atom is -0.472 e. The van der Waals surface area contributed by atoms with Crippen LogP contribution in [0.25, 0.3) is 0 Å². The van der Waals surface area contributed by atoms with E-state index in [1.807, 2.05) is 6.07 Å². The van der Waals surface area contributed by atoms with Gasteiger partial charge < -0.3 is 9.73 Å². The summed E-state index contributed by atoms with van der Waals surface area (Å²) in [6, 6.07) is 2.56. The van der Waals surface area contributed by atoms with Crippen LogP contribution in [0.5, 0.6) is 0 Å². The van der Waals surface area contributed by atoms with Crippen molar-refractivity contribution < 1.29 is 4.42 Å². The molecule has 1 aromatic heterocycles. The van der Waals surface area contributed by atoms with Crippen molar-refractivity contribution in [1.82, 2.24) is 5.32 Å². The lowest BCUT2D eigenvalue weighted by Crippen LogP contribution is -2.27. The van der Waals surface area contributed by atoms with Gasteiger partial charge in [0.2, 0.25) is 0 Å². The van der Waals surface area contributed by atoms with E-state index in [1.54, 1.807) is 12.5 Å². The fraction of sp³-hybridized carbons (Fsp3) is 0.455. The number of furan rings is 1. The van der Waals surface area contributed by atoms with E-state index in [2.05, 4.69) is 17.5 Å². The predicted octanol–water partition coefficient (Wildman–Crippen LogP) is 2.48. The summed E-state index contributed by atoms with van der Waals surface area (Å²) >= 11 is 0. The summed E-state index contributed by atoms with van der Waals surface area (Å²) in [6.07, 6.45) is 11.8. The molecule has 0 saturated heterocycles. The van der Waals surface area contributed by atoms with Crippen LogP contribution in [0.15, 0.2) is 35.2 Å². The molecule has 2 rings (SSSR count). The Morgan fingerprint density at radius 3 is 3.23 bits per heavy atom. The first kappa shape index (κ1) is 8.57. The third kappa shape index (κ3) is 2.46. The topological polar surface area (TPSA) is 25.2 Å². The maximum atomic E-state index is 5.00. The van der Waals surface area contributed by atoms with Gasteiger partial charge >= 0.3 is 0 Å². The molecule has 2 heteroatoms. The maximum absolute atomic E-state index is 5.00. The van der Waals surface area contributed by atoms with Crippen molar-refractivity contribution in [2.45, 2.75) is 31.8 Å². The Morgan fingerprint density at radius 1 is 1.54 bits per heavy atom. The Labute approximate surface area is 78.6 Å². The SMILES string of the molecule is C1=CC(NCc2ccoc2)CCC1. The van der Waals surface area contributed by atoms with Gasteiger partial charge in [0.25, 0.3) is 0 Å². The molecule has 1 atom stereocenters. The maximum Gasteiger partial charge on any atom is 0.0947 e. The second-order valence-electron chi connectivity index (χ2n) is 3.48. The number of hydrogen-bond donors (Lipinski definition) is 1. The molecule has 1 heterocycles. The first-order valence-electron chi connectivity index (χ1n) is 4.86. The first-order valence-corrected chi connectivity index (χ1v) is 4.86. The minimum atomic E-state index is 0.559. The van der Waals surface area contributed by atoms with Gasteiger partial charge in [0.1, 0.15) is 0 Å². The Morgan fingerprint density at radius 2 is 2.54 bits per heavy atom. The van der Waals surface area contributed by atoms with Crippen LogP contribution in [-0.4, -0.2) is 6.04 Å². The summed E-state index contributed by atoms with van der Waals surface area (Å²) < 4.78 is 5.00. The van der Waals surface area contributed by atoms with Gasteiger partial charge in [-0.2, -0.15) is 0 Å². The van der Waals surface area contributed by atoms with Gasteiger partial charge in [-0.05, 0) is 25.3 Å². The van der Waals surface area contributed by atoms with Crippen LogP contribution in [0.3, 0.4) is 0 Å². The lowest BCUT2D eigenvalue weighted by Gasteiger charge is -2.17. The molecule has 0 aromatic carbocycles. The van der Waals surface area contributed by atoms with Crippen molar-refractivity contribution in [3.05, 3.63) is 36.3 Å². The molecule has 0 saturated carbocycles. The fourth-order valence-corrected chi connectivity index (χ4v) is 1.62. The average molecular weight is 177 g/mol. The highest BCUT2D eigenvalue weighted by Crippen LogP contribution is 2.10. The van der Waals surface area contributed by atoms with Crippen LogP contribution in [0, 0.1) is 0 Å². The van der Waals surface area contributed by atoms with Crippen LogP contribution < -0.4 is 5.32 Å². The molecule has 70 valence electrons. The first-order chi connectivity index (χ1) is 6.45. The molecule has 0 bridgehead atoms. The predicted molar refractivity (Wildman–Crippen MR) is 52.3 cm³/mol. The molecular formula is C11H15NO. The van der Waals surface area contributed by atoms with Gasteiger partial charge in [-0.25, -0.2) is 0 Å². The summed E-state index contributed by atoms with van der Waals surface area (Å²) in [5, 5.41) is 3.48. The third-order valence-electron chi connectivity index (χ3n) is 2.40. The fourth-order valence-electron chi connectivity index (χ4n) is 1.62. The van der Waals surface area contributed by atoms with E-state index in [0.717, 1.165) is 6.54 Å². The quantitative estimate of drug-likeness (QED) is 0.717. The number of nitrogens with one attached hydrogen (secondary N) is 1. The lowest BCUT2D eigenvalue weighted by molar-refractivity contribution is 0.516. The van der Waals surface area contributed by atoms with E-state index in [1.165, 1.54) is 24.8 Å². The van der Waals surface area contributed by atoms with E-state index >= 15 is 0 Å². The summed E-state index contributed by atoms with van der Waals surface area (Å²) in [4.78, 5) is 0. The molecule has 0 amide bonds. The highest BCUT2D eigenvalue weighted by Gasteiger charge is 2.06. The van der Waals surface area contributed by atoms with Gasteiger partial charge in [-0.1, -0.05) is 12.2 Å². The Balaban J connectivity index is 1.79. The molecule has 1 aliphatic rings. The van der Waals surface area contributed by atoms with Crippen LogP contribution >= 0.6 is 0 Å². The van der Waals surface area contributed by atoms with E-state index in [-0.39, 0.29) is 0 Å². The molecule has 0 aliphatic heterocycles. The zero-order valence-electron chi connectivity index (χ0n) is 7.70. The van der Waals surface area contributed by atoms with Gasteiger partial charge in [-0.15, -0.1) is 0 Å². The van der Waals surface area contributed by atoms with Gasteiger partial charge in [0, 0.05) is 18.2 Å². The molecule has 0 fully saturated rings. The number of rotatable bonds is 3. The van der Waals surface area contributed by atoms with Crippen LogP contribution in [0.1, 0.15) is 24.8 Å². The van der Waals surface area contributed by atoms with Crippen molar-refractivity contribution in [3.8, 4) is 0 Å². The molecule has 2 nitrogen and oxygen atoms in total. The van der Waals surface area contributed by atoms with Crippen LogP contribution in [0.4, 0.5) is 0 Å². The van der Waals surface area contributed by atoms with Crippen molar-refractivity contribution in [1.29, 1.82) is 0 Å². The monoisotopic (exact) mass is 177 g/mol. The Kier molecular flexibility index (Phi) is 2.82. The van der Waals surface area contributed by atoms with Crippen molar-refractivity contribution in [2.24, 2.45) is 0 Å². The third-order valence-corrected chi connectivity index (χ3v) is 2.40. The Hall–Kier alpha value is -1.02. The molecular weight excluding hydrogens is 162 g/mol. The summed E-state index contributed by atoms with van der Waals surface area (Å²) in [5.74, 6) is 0. The molecule has 1 aliphatic carbocycles. The van der Waals surface area contributed by atoms with Crippen molar-refractivity contribution in [3.63, 3.8) is 0 Å². The van der Waals surface area contributed by atoms with E-state index in [9.17, 15) is 0 Å². The smallest absolute Gasteiger partial charge is 0.0947 e. The summed E-state index contributed by atoms with van der Waals surface area (Å²) in [6.45, 7) is 0.908. The van der Waals surface area contributed by atoms with Gasteiger partial charge in [-0.3, -0.25) is 0 Å². The zero-order valence-corrected chi connectivity index (χ0v) is 7.70. The summed E-state index contributed by atoms with van der Waals surface area (Å²) in [7, 11) is 0. The molecule has 13 heavy (non-hydrogen) atoms. The largest absolute Gasteiger partial charge is 0.472 e. The van der Waals surface area contributed by atoms with E-state index < -0.39 is 0 Å². The highest BCUT2D eigenvalue weighted by molar-refractivity contribution is 5.06. The highest BCUT2D eigenvalue weighted by atomic mass is 16.3. The van der Waals surface area contributed by atoms with Crippen LogP contribution in [-0.2, 0) is 6.54 Å². The normalized spacial score (nSPS) is 22.0. The molecule has 1 N–H and O–H groups in total. The van der Waals surface area contributed by atoms with Gasteiger partial charge in [0.05, 0.1) is 12.5 Å².